The van der Waals surface area contributed by atoms with Gasteiger partial charge in [-0.15, -0.1) is 0 Å². The molecule has 1 aliphatic rings. The van der Waals surface area contributed by atoms with Gasteiger partial charge in [0.2, 0.25) is 0 Å². The van der Waals surface area contributed by atoms with Crippen molar-refractivity contribution in [2.75, 3.05) is 14.2 Å². The van der Waals surface area contributed by atoms with Crippen molar-refractivity contribution in [3.05, 3.63) is 27.2 Å². The molecule has 0 atom stereocenters. The van der Waals surface area contributed by atoms with Crippen LogP contribution < -0.4 is 10.2 Å². The number of hydroxylamine groups is 1. The van der Waals surface area contributed by atoms with Crippen LogP contribution in [-0.4, -0.2) is 14.2 Å². The highest BCUT2D eigenvalue weighted by atomic mass is 79.9. The highest BCUT2D eigenvalue weighted by molar-refractivity contribution is 9.10. The van der Waals surface area contributed by atoms with E-state index in [-0.39, 0.29) is 0 Å². The maximum absolute atomic E-state index is 5.54. The molecule has 2 rings (SSSR count). The molecule has 100 valence electrons. The fourth-order valence-electron chi connectivity index (χ4n) is 2.66. The summed E-state index contributed by atoms with van der Waals surface area (Å²) in [6, 6.07) is 2.22. The largest absolute Gasteiger partial charge is 0.495 e. The predicted octanol–water partition coefficient (Wildman–Crippen LogP) is 3.38. The number of methoxy groups -OCH3 is 1. The Morgan fingerprint density at radius 1 is 1.22 bits per heavy atom. The molecule has 0 bridgehead atoms. The Bertz CT molecular complexity index is 421. The second-order valence-electron chi connectivity index (χ2n) is 4.59. The molecule has 3 nitrogen and oxygen atoms in total. The van der Waals surface area contributed by atoms with Gasteiger partial charge in [0.15, 0.2) is 0 Å². The second kappa shape index (κ2) is 6.55. The zero-order valence-electron chi connectivity index (χ0n) is 11.0. The van der Waals surface area contributed by atoms with Gasteiger partial charge in [0.1, 0.15) is 5.75 Å². The van der Waals surface area contributed by atoms with Gasteiger partial charge < -0.3 is 9.57 Å². The van der Waals surface area contributed by atoms with Crippen molar-refractivity contribution in [2.24, 2.45) is 0 Å². The molecule has 1 aromatic carbocycles. The van der Waals surface area contributed by atoms with Crippen LogP contribution in [0.1, 0.15) is 36.0 Å². The van der Waals surface area contributed by atoms with Gasteiger partial charge in [0.05, 0.1) is 18.7 Å². The molecule has 0 saturated heterocycles. The van der Waals surface area contributed by atoms with Crippen LogP contribution in [0.2, 0.25) is 0 Å². The number of rotatable bonds is 4. The fourth-order valence-corrected chi connectivity index (χ4v) is 3.34. The van der Waals surface area contributed by atoms with Crippen molar-refractivity contribution in [3.63, 3.8) is 0 Å². The summed E-state index contributed by atoms with van der Waals surface area (Å²) in [5.41, 5.74) is 7.06. The summed E-state index contributed by atoms with van der Waals surface area (Å²) in [4.78, 5) is 4.99. The minimum absolute atomic E-state index is 0.682. The number of halogens is 1. The lowest BCUT2D eigenvalue weighted by atomic mass is 9.96. The Morgan fingerprint density at radius 2 is 2.00 bits per heavy atom. The van der Waals surface area contributed by atoms with Gasteiger partial charge in [-0.3, -0.25) is 0 Å². The maximum Gasteiger partial charge on any atom is 0.137 e. The highest BCUT2D eigenvalue weighted by Crippen LogP contribution is 2.36. The van der Waals surface area contributed by atoms with E-state index in [0.29, 0.717) is 6.54 Å². The number of benzene rings is 1. The van der Waals surface area contributed by atoms with Crippen LogP contribution in [-0.2, 0) is 24.2 Å². The second-order valence-corrected chi connectivity index (χ2v) is 5.45. The third-order valence-electron chi connectivity index (χ3n) is 3.51. The Labute approximate surface area is 117 Å². The molecule has 0 heterocycles. The molecule has 0 saturated carbocycles. The number of nitrogens with one attached hydrogen (secondary N) is 1. The highest BCUT2D eigenvalue weighted by Gasteiger charge is 2.18. The van der Waals surface area contributed by atoms with E-state index in [1.165, 1.54) is 36.0 Å². The molecule has 1 aliphatic carbocycles. The van der Waals surface area contributed by atoms with E-state index in [1.807, 2.05) is 0 Å². The van der Waals surface area contributed by atoms with Gasteiger partial charge in [-0.2, -0.15) is 5.48 Å². The number of hydrogen-bond donors (Lipinski definition) is 1. The molecule has 1 aromatic rings. The quantitative estimate of drug-likeness (QED) is 0.683. The van der Waals surface area contributed by atoms with Gasteiger partial charge in [0, 0.05) is 12.1 Å². The summed E-state index contributed by atoms with van der Waals surface area (Å²) < 4.78 is 6.58. The van der Waals surface area contributed by atoms with E-state index >= 15 is 0 Å². The zero-order chi connectivity index (χ0) is 13.0. The molecule has 4 heteroatoms. The van der Waals surface area contributed by atoms with Gasteiger partial charge in [-0.1, -0.05) is 6.42 Å². The van der Waals surface area contributed by atoms with Crippen molar-refractivity contribution in [2.45, 2.75) is 38.6 Å². The van der Waals surface area contributed by atoms with E-state index < -0.39 is 0 Å². The lowest BCUT2D eigenvalue weighted by Crippen LogP contribution is -2.15. The van der Waals surface area contributed by atoms with Crippen LogP contribution >= 0.6 is 15.9 Å². The molecule has 18 heavy (non-hydrogen) atoms. The summed E-state index contributed by atoms with van der Waals surface area (Å²) in [5.74, 6) is 0.931. The molecular formula is C14H20BrNO2. The normalized spacial score (nSPS) is 15.1. The Kier molecular flexibility index (Phi) is 5.03. The Hall–Kier alpha value is -0.580. The van der Waals surface area contributed by atoms with Crippen molar-refractivity contribution in [3.8, 4) is 5.75 Å². The van der Waals surface area contributed by atoms with Crippen molar-refractivity contribution >= 4 is 15.9 Å². The minimum Gasteiger partial charge on any atom is -0.495 e. The fraction of sp³-hybridized carbons (Fsp3) is 0.571. The lowest BCUT2D eigenvalue weighted by Gasteiger charge is -2.18. The van der Waals surface area contributed by atoms with Crippen molar-refractivity contribution < 1.29 is 9.57 Å². The molecule has 0 amide bonds. The van der Waals surface area contributed by atoms with E-state index in [9.17, 15) is 0 Å². The molecule has 0 aliphatic heterocycles. The van der Waals surface area contributed by atoms with Crippen LogP contribution in [0.15, 0.2) is 10.5 Å². The summed E-state index contributed by atoms with van der Waals surface area (Å²) in [7, 11) is 3.36. The molecule has 0 aromatic heterocycles. The average molecular weight is 314 g/mol. The first-order chi connectivity index (χ1) is 8.77. The summed E-state index contributed by atoms with van der Waals surface area (Å²) in [6.07, 6.45) is 6.16. The van der Waals surface area contributed by atoms with Crippen LogP contribution in [0.4, 0.5) is 0 Å². The van der Waals surface area contributed by atoms with Crippen molar-refractivity contribution in [1.82, 2.24) is 5.48 Å². The number of hydrogen-bond acceptors (Lipinski definition) is 3. The van der Waals surface area contributed by atoms with E-state index in [0.717, 1.165) is 23.1 Å². The van der Waals surface area contributed by atoms with Crippen molar-refractivity contribution in [1.29, 1.82) is 0 Å². The maximum atomic E-state index is 5.54. The van der Waals surface area contributed by atoms with Crippen LogP contribution in [0.5, 0.6) is 5.75 Å². The first kappa shape index (κ1) is 13.8. The molecular weight excluding hydrogens is 294 g/mol. The monoisotopic (exact) mass is 313 g/mol. The first-order valence-electron chi connectivity index (χ1n) is 6.41. The van der Waals surface area contributed by atoms with Crippen LogP contribution in [0.25, 0.3) is 0 Å². The van der Waals surface area contributed by atoms with Gasteiger partial charge in [0.25, 0.3) is 0 Å². The summed E-state index contributed by atoms with van der Waals surface area (Å²) >= 11 is 3.61. The SMILES string of the molecule is CONCc1c2c(cc(Br)c1OC)CCCCC2. The molecule has 0 unspecified atom stereocenters. The standard InChI is InChI=1S/C14H20BrNO2/c1-17-14-12(9-16-18-2)11-7-5-3-4-6-10(11)8-13(14)15/h8,16H,3-7,9H2,1-2H3. The van der Waals surface area contributed by atoms with Crippen LogP contribution in [0, 0.1) is 0 Å². The zero-order valence-corrected chi connectivity index (χ0v) is 12.6. The number of ether oxygens (including phenoxy) is 1. The molecule has 0 radical (unpaired) electrons. The van der Waals surface area contributed by atoms with Crippen LogP contribution in [0.3, 0.4) is 0 Å². The molecule has 1 N–H and O–H groups in total. The Balaban J connectivity index is 2.46. The average Bonchev–Trinajstić information content (AvgIpc) is 2.60. The molecule has 0 fully saturated rings. The third kappa shape index (κ3) is 2.87. The lowest BCUT2D eigenvalue weighted by molar-refractivity contribution is 0.0859. The number of aryl methyl sites for hydroxylation is 1. The van der Waals surface area contributed by atoms with Gasteiger partial charge in [-0.25, -0.2) is 0 Å². The van der Waals surface area contributed by atoms with Gasteiger partial charge >= 0.3 is 0 Å². The number of fused-ring (bicyclic) bond motifs is 1. The minimum atomic E-state index is 0.682. The van der Waals surface area contributed by atoms with E-state index in [4.69, 9.17) is 9.57 Å². The third-order valence-corrected chi connectivity index (χ3v) is 4.10. The smallest absolute Gasteiger partial charge is 0.137 e. The predicted molar refractivity (Wildman–Crippen MR) is 75.8 cm³/mol. The summed E-state index contributed by atoms with van der Waals surface area (Å²) in [5, 5.41) is 0. The topological polar surface area (TPSA) is 30.5 Å². The van der Waals surface area contributed by atoms with Gasteiger partial charge in [-0.05, 0) is 58.8 Å². The summed E-state index contributed by atoms with van der Waals surface area (Å²) in [6.45, 7) is 0.682. The first-order valence-corrected chi connectivity index (χ1v) is 7.20. The molecule has 0 spiro atoms. The van der Waals surface area contributed by atoms with E-state index in [2.05, 4.69) is 27.5 Å². The Morgan fingerprint density at radius 3 is 2.72 bits per heavy atom. The van der Waals surface area contributed by atoms with E-state index in [1.54, 1.807) is 14.2 Å².